The number of benzene rings is 2. The van der Waals surface area contributed by atoms with Crippen molar-refractivity contribution in [1.82, 2.24) is 16.0 Å². The van der Waals surface area contributed by atoms with E-state index in [1.807, 2.05) is 31.2 Å². The van der Waals surface area contributed by atoms with Crippen molar-refractivity contribution in [2.75, 3.05) is 19.6 Å². The number of amides is 2. The van der Waals surface area contributed by atoms with Crippen LogP contribution in [-0.4, -0.2) is 90.9 Å². The Labute approximate surface area is 367 Å². The molecule has 6 N–H and O–H groups in total. The van der Waals surface area contributed by atoms with Crippen molar-refractivity contribution in [2.45, 2.75) is 136 Å². The highest BCUT2D eigenvalue weighted by molar-refractivity contribution is 6.47. The SMILES string of the molecule is C.C[C@H](CC(=O)[C@H](CCCCN)NC(=O)[C@H](C)CC(=O)[C@@H](NC(=O)C(CC(=O)c1ccc(-c2ccc(Cl)cc2)cc1)C1CNC1)[C@@H](C)O)B1O[C@@H]2C[C@@H]3C[C@@H](C3(C)C)[C@]2(C)O1. The summed E-state index contributed by atoms with van der Waals surface area (Å²) in [6, 6.07) is 12.5. The average molecular weight is 863 g/mol. The number of aliphatic hydroxyl groups excluding tert-OH is 1. The highest BCUT2D eigenvalue weighted by atomic mass is 35.5. The van der Waals surface area contributed by atoms with Crippen LogP contribution in [-0.2, 0) is 28.5 Å². The Kier molecular flexibility index (Phi) is 16.2. The first-order valence-electron chi connectivity index (χ1n) is 21.9. The Bertz CT molecular complexity index is 1870. The summed E-state index contributed by atoms with van der Waals surface area (Å²) in [5.41, 5.74) is 7.90. The van der Waals surface area contributed by atoms with E-state index in [4.69, 9.17) is 26.6 Å². The van der Waals surface area contributed by atoms with Gasteiger partial charge in [0.1, 0.15) is 6.04 Å². The van der Waals surface area contributed by atoms with Crippen LogP contribution < -0.4 is 21.7 Å². The summed E-state index contributed by atoms with van der Waals surface area (Å²) in [7, 11) is -0.519. The number of hydrogen-bond donors (Lipinski definition) is 5. The summed E-state index contributed by atoms with van der Waals surface area (Å²) in [6.07, 6.45) is 2.33. The van der Waals surface area contributed by atoms with Gasteiger partial charge in [-0.15, -0.1) is 0 Å². The molecule has 2 aliphatic heterocycles. The van der Waals surface area contributed by atoms with Crippen molar-refractivity contribution in [1.29, 1.82) is 0 Å². The van der Waals surface area contributed by atoms with E-state index in [9.17, 15) is 29.1 Å². The van der Waals surface area contributed by atoms with Gasteiger partial charge in [-0.3, -0.25) is 24.0 Å². The molecule has 334 valence electrons. The first kappa shape index (κ1) is 48.6. The van der Waals surface area contributed by atoms with Gasteiger partial charge in [0, 0.05) is 35.8 Å². The topological polar surface area (TPSA) is 186 Å². The van der Waals surface area contributed by atoms with Gasteiger partial charge in [0.05, 0.1) is 29.8 Å². The molecule has 0 radical (unpaired) electrons. The number of aliphatic hydroxyl groups is 1. The van der Waals surface area contributed by atoms with Gasteiger partial charge in [0.25, 0.3) is 0 Å². The van der Waals surface area contributed by atoms with Crippen molar-refractivity contribution in [2.24, 2.45) is 40.7 Å². The maximum atomic E-state index is 13.8. The minimum absolute atomic E-state index is 0. The predicted octanol–water partition coefficient (Wildman–Crippen LogP) is 6.20. The van der Waals surface area contributed by atoms with Gasteiger partial charge in [-0.1, -0.05) is 83.1 Å². The van der Waals surface area contributed by atoms with Crippen LogP contribution in [0.5, 0.6) is 0 Å². The zero-order valence-electron chi connectivity index (χ0n) is 36.0. The number of unbranched alkanes of at least 4 members (excludes halogenated alkanes) is 1. The van der Waals surface area contributed by atoms with Crippen molar-refractivity contribution in [3.05, 3.63) is 59.1 Å². The van der Waals surface area contributed by atoms with Crippen molar-refractivity contribution in [3.8, 4) is 11.1 Å². The van der Waals surface area contributed by atoms with Crippen LogP contribution in [0.1, 0.15) is 111 Å². The summed E-state index contributed by atoms with van der Waals surface area (Å²) in [5.74, 6) is -2.82. The number of Topliss-reactive ketones (excluding diaryl/α,β-unsaturated/α-hetero) is 3. The summed E-state index contributed by atoms with van der Waals surface area (Å²) in [5, 5.41) is 20.1. The Morgan fingerprint density at radius 1 is 0.885 bits per heavy atom. The lowest BCUT2D eigenvalue weighted by Crippen LogP contribution is -2.65. The molecule has 2 aromatic rings. The molecule has 1 unspecified atom stereocenters. The summed E-state index contributed by atoms with van der Waals surface area (Å²) >= 11 is 6.03. The number of hydrogen-bond acceptors (Lipinski definition) is 10. The van der Waals surface area contributed by atoms with Gasteiger partial charge in [-0.2, -0.15) is 0 Å². The molecule has 10 atom stereocenters. The second-order valence-electron chi connectivity index (χ2n) is 18.9. The molecule has 12 nitrogen and oxygen atoms in total. The van der Waals surface area contributed by atoms with Crippen LogP contribution >= 0.6 is 11.6 Å². The van der Waals surface area contributed by atoms with E-state index in [2.05, 4.69) is 36.7 Å². The molecule has 7 rings (SSSR count). The minimum atomic E-state index is -1.30. The average Bonchev–Trinajstić information content (AvgIpc) is 3.56. The van der Waals surface area contributed by atoms with Gasteiger partial charge in [-0.05, 0) is 118 Å². The summed E-state index contributed by atoms with van der Waals surface area (Å²) in [4.78, 5) is 68.5. The third-order valence-electron chi connectivity index (χ3n) is 14.2. The van der Waals surface area contributed by atoms with Crippen LogP contribution in [0.2, 0.25) is 10.8 Å². The van der Waals surface area contributed by atoms with Gasteiger partial charge in [0.2, 0.25) is 11.8 Å². The monoisotopic (exact) mass is 862 g/mol. The molecule has 0 aromatic heterocycles. The van der Waals surface area contributed by atoms with E-state index in [-0.39, 0.29) is 67.1 Å². The number of halogens is 1. The molecule has 2 amide bonds. The number of ketones is 3. The Hall–Kier alpha value is -3.46. The molecule has 2 aromatic carbocycles. The highest BCUT2D eigenvalue weighted by Crippen LogP contribution is 2.66. The zero-order valence-corrected chi connectivity index (χ0v) is 36.8. The number of carbonyl (C=O) groups is 5. The number of rotatable bonds is 21. The van der Waals surface area contributed by atoms with E-state index in [0.29, 0.717) is 61.3 Å². The molecule has 2 heterocycles. The van der Waals surface area contributed by atoms with Gasteiger partial charge in [0.15, 0.2) is 17.3 Å². The molecular formula is C47H68BClN4O8. The normalized spacial score (nSPS) is 25.5. The number of nitrogens with two attached hydrogens (primary N) is 1. The zero-order chi connectivity index (χ0) is 43.5. The third kappa shape index (κ3) is 10.8. The molecule has 14 heteroatoms. The molecular weight excluding hydrogens is 795 g/mol. The Balaban J connectivity index is 0.00000704. The maximum absolute atomic E-state index is 13.8. The molecule has 3 aliphatic carbocycles. The first-order chi connectivity index (χ1) is 28.4. The van der Waals surface area contributed by atoms with Crippen LogP contribution in [0, 0.1) is 35.0 Å². The lowest BCUT2D eigenvalue weighted by atomic mass is 9.43. The molecule has 5 aliphatic rings. The van der Waals surface area contributed by atoms with E-state index < -0.39 is 54.7 Å². The minimum Gasteiger partial charge on any atom is -0.405 e. The standard InChI is InChI=1S/C46H64BClN4O8.CH4/c1-26(43(57)51-36(9-7-8-18-49)38(55)20-27(2)47-59-41-22-33-21-40(45(33,4)5)46(41,6)60-47)19-39(56)42(28(3)53)52-44(58)35(32-24-50-25-32)23-37(54)31-12-10-29(11-13-31)30-14-16-34(48)17-15-30;/h10-17,26-28,32-33,35-36,40-42,50,53H,7-9,18-25,49H2,1-6H3,(H,51,57)(H,52,58);1H4/t26-,27-,28-,33+,35?,36+,40+,41-,42+,46+;/m1./s1. The smallest absolute Gasteiger partial charge is 0.405 e. The Morgan fingerprint density at radius 2 is 1.52 bits per heavy atom. The van der Waals surface area contributed by atoms with Crippen LogP contribution in [0.4, 0.5) is 0 Å². The van der Waals surface area contributed by atoms with Crippen molar-refractivity contribution in [3.63, 3.8) is 0 Å². The predicted molar refractivity (Wildman–Crippen MR) is 239 cm³/mol. The van der Waals surface area contributed by atoms with E-state index in [1.54, 1.807) is 31.2 Å². The van der Waals surface area contributed by atoms with Crippen LogP contribution in [0.15, 0.2) is 48.5 Å². The fourth-order valence-corrected chi connectivity index (χ4v) is 10.1. The summed E-state index contributed by atoms with van der Waals surface area (Å²) < 4.78 is 13.1. The lowest BCUT2D eigenvalue weighted by Gasteiger charge is -2.64. The van der Waals surface area contributed by atoms with Crippen molar-refractivity contribution < 1.29 is 38.4 Å². The van der Waals surface area contributed by atoms with Crippen LogP contribution in [0.25, 0.3) is 11.1 Å². The van der Waals surface area contributed by atoms with Gasteiger partial charge in [-0.25, -0.2) is 0 Å². The van der Waals surface area contributed by atoms with Crippen LogP contribution in [0.3, 0.4) is 0 Å². The number of carbonyl (C=O) groups excluding carboxylic acids is 5. The fourth-order valence-electron chi connectivity index (χ4n) is 9.95. The van der Waals surface area contributed by atoms with Gasteiger partial charge < -0.3 is 36.1 Å². The third-order valence-corrected chi connectivity index (χ3v) is 14.5. The van der Waals surface area contributed by atoms with E-state index in [1.165, 1.54) is 6.92 Å². The first-order valence-corrected chi connectivity index (χ1v) is 22.3. The molecule has 61 heavy (non-hydrogen) atoms. The lowest BCUT2D eigenvalue weighted by molar-refractivity contribution is -0.199. The number of nitrogens with one attached hydrogen (secondary N) is 3. The molecule has 5 fully saturated rings. The molecule has 3 saturated carbocycles. The fraction of sp³-hybridized carbons (Fsp3) is 0.638. The Morgan fingerprint density at radius 3 is 2.10 bits per heavy atom. The van der Waals surface area contributed by atoms with E-state index in [0.717, 1.165) is 24.0 Å². The molecule has 0 spiro atoms. The second kappa shape index (κ2) is 20.4. The maximum Gasteiger partial charge on any atom is 0.461 e. The molecule has 2 bridgehead atoms. The summed E-state index contributed by atoms with van der Waals surface area (Å²) in [6.45, 7) is 13.2. The molecule has 2 saturated heterocycles. The van der Waals surface area contributed by atoms with Gasteiger partial charge >= 0.3 is 7.12 Å². The largest absolute Gasteiger partial charge is 0.461 e. The highest BCUT2D eigenvalue weighted by Gasteiger charge is 2.68. The van der Waals surface area contributed by atoms with Crippen molar-refractivity contribution >= 4 is 47.9 Å². The van der Waals surface area contributed by atoms with E-state index >= 15 is 0 Å². The quantitative estimate of drug-likeness (QED) is 0.0550. The second-order valence-corrected chi connectivity index (χ2v) is 19.3.